The van der Waals surface area contributed by atoms with Crippen molar-refractivity contribution in [2.75, 3.05) is 0 Å². The fourth-order valence-electron chi connectivity index (χ4n) is 5.54. The Morgan fingerprint density at radius 3 is 1.18 bits per heavy atom. The van der Waals surface area contributed by atoms with Crippen LogP contribution in [-0.4, -0.2) is 10.6 Å². The lowest BCUT2D eigenvalue weighted by molar-refractivity contribution is 1.41. The zero-order chi connectivity index (χ0) is 26.2. The third kappa shape index (κ3) is 4.96. The Morgan fingerprint density at radius 2 is 0.789 bits per heavy atom. The summed E-state index contributed by atoms with van der Waals surface area (Å²) in [6.07, 6.45) is 9.26. The zero-order valence-electron chi connectivity index (χ0n) is 22.3. The average Bonchev–Trinajstić information content (AvgIpc) is 2.88. The molecule has 2 aliphatic rings. The van der Waals surface area contributed by atoms with Crippen molar-refractivity contribution >= 4 is 60.9 Å². The summed E-state index contributed by atoms with van der Waals surface area (Å²) in [4.78, 5) is 0. The van der Waals surface area contributed by atoms with E-state index in [1.165, 1.54) is 93.3 Å². The molecule has 0 amide bonds. The third-order valence-electron chi connectivity index (χ3n) is 6.98. The highest BCUT2D eigenvalue weighted by molar-refractivity contribution is 7.52. The van der Waals surface area contributed by atoms with E-state index in [-0.39, 0.29) is 0 Å². The molecule has 2 heteroatoms. The molecule has 6 rings (SSSR count). The van der Waals surface area contributed by atoms with Gasteiger partial charge in [-0.15, -0.1) is 0 Å². The predicted octanol–water partition coefficient (Wildman–Crippen LogP) is 8.77. The smallest absolute Gasteiger partial charge is 0.0109 e. The first-order chi connectivity index (χ1) is 18.4. The summed E-state index contributed by atoms with van der Waals surface area (Å²) in [5, 5.41) is 5.38. The molecule has 0 fully saturated rings. The number of benzene rings is 4. The number of hydrogen-bond acceptors (Lipinski definition) is 0. The summed E-state index contributed by atoms with van der Waals surface area (Å²) in [6, 6.07) is 31.5. The van der Waals surface area contributed by atoms with Gasteiger partial charge in [-0.1, -0.05) is 89.2 Å². The van der Waals surface area contributed by atoms with E-state index >= 15 is 0 Å². The number of aryl methyl sites for hydroxylation is 4. The highest BCUT2D eigenvalue weighted by atomic mass is 31.1. The van der Waals surface area contributed by atoms with E-state index in [1.807, 2.05) is 0 Å². The minimum atomic E-state index is 1.23. The highest BCUT2D eigenvalue weighted by Gasteiger charge is 2.25. The highest BCUT2D eigenvalue weighted by Crippen LogP contribution is 2.41. The van der Waals surface area contributed by atoms with Gasteiger partial charge in [0.2, 0.25) is 0 Å². The predicted molar refractivity (Wildman–Crippen MR) is 173 cm³/mol. The Kier molecular flexibility index (Phi) is 6.71. The molecule has 0 atom stereocenters. The van der Waals surface area contributed by atoms with E-state index < -0.39 is 0 Å². The maximum atomic E-state index is 2.34. The summed E-state index contributed by atoms with van der Waals surface area (Å²) in [7, 11) is 2.46. The van der Waals surface area contributed by atoms with Crippen molar-refractivity contribution in [2.24, 2.45) is 0 Å². The molecule has 184 valence electrons. The minimum absolute atomic E-state index is 1.23. The molecule has 0 aliphatic heterocycles. The number of allylic oxidation sites excluding steroid dienone is 4. The molecule has 0 unspecified atom stereocenters. The van der Waals surface area contributed by atoms with Crippen molar-refractivity contribution in [1.29, 1.82) is 0 Å². The minimum Gasteiger partial charge on any atom is -0.0616 e. The Labute approximate surface area is 229 Å². The summed E-state index contributed by atoms with van der Waals surface area (Å²) >= 11 is 0. The van der Waals surface area contributed by atoms with Gasteiger partial charge in [0.05, 0.1) is 0 Å². The van der Waals surface area contributed by atoms with Crippen molar-refractivity contribution in [2.45, 2.75) is 27.7 Å². The Balaban J connectivity index is 1.68. The van der Waals surface area contributed by atoms with Gasteiger partial charge in [-0.2, -0.15) is 0 Å². The van der Waals surface area contributed by atoms with Gasteiger partial charge < -0.3 is 0 Å². The molecule has 0 saturated heterocycles. The quantitative estimate of drug-likeness (QED) is 0.230. The molecule has 38 heavy (non-hydrogen) atoms. The second-order valence-corrected chi connectivity index (χ2v) is 12.7. The molecule has 0 radical (unpaired) electrons. The van der Waals surface area contributed by atoms with Gasteiger partial charge in [-0.05, 0) is 109 Å². The molecule has 0 heterocycles. The fourth-order valence-corrected chi connectivity index (χ4v) is 8.16. The van der Waals surface area contributed by atoms with E-state index in [1.54, 1.807) is 0 Å². The Bertz CT molecular complexity index is 1570. The summed E-state index contributed by atoms with van der Waals surface area (Å²) in [5.74, 6) is 0. The Hall–Kier alpha value is -3.56. The first kappa shape index (κ1) is 24.8. The molecule has 0 aromatic heterocycles. The molecule has 0 spiro atoms. The maximum absolute atomic E-state index is 2.34. The molecule has 2 aliphatic carbocycles. The van der Waals surface area contributed by atoms with E-state index in [4.69, 9.17) is 0 Å². The first-order valence-corrected chi connectivity index (χ1v) is 14.9. The lowest BCUT2D eigenvalue weighted by atomic mass is 9.82. The van der Waals surface area contributed by atoms with Crippen LogP contribution in [0.5, 0.6) is 0 Å². The number of hydrogen-bond donors (Lipinski definition) is 0. The third-order valence-corrected chi connectivity index (χ3v) is 9.24. The monoisotopic (exact) mass is 524 g/mol. The summed E-state index contributed by atoms with van der Waals surface area (Å²) in [6.45, 7) is 8.77. The van der Waals surface area contributed by atoms with Crippen LogP contribution in [-0.2, 0) is 0 Å². The van der Waals surface area contributed by atoms with Crippen LogP contribution in [0.4, 0.5) is 0 Å². The van der Waals surface area contributed by atoms with Crippen molar-refractivity contribution in [3.8, 4) is 0 Å². The molecular formula is C36H30P2. The van der Waals surface area contributed by atoms with Crippen LogP contribution in [0.3, 0.4) is 0 Å². The van der Waals surface area contributed by atoms with Crippen LogP contribution < -0.4 is 10.6 Å². The van der Waals surface area contributed by atoms with Crippen LogP contribution in [0.25, 0.3) is 23.3 Å². The van der Waals surface area contributed by atoms with Crippen LogP contribution in [0.15, 0.2) is 97.1 Å². The van der Waals surface area contributed by atoms with Crippen molar-refractivity contribution in [3.05, 3.63) is 142 Å². The zero-order valence-corrected chi connectivity index (χ0v) is 24.1. The largest absolute Gasteiger partial charge is 0.0616 e. The van der Waals surface area contributed by atoms with Crippen LogP contribution in [0, 0.1) is 27.7 Å². The van der Waals surface area contributed by atoms with Gasteiger partial charge in [0.25, 0.3) is 0 Å². The molecule has 4 aromatic carbocycles. The maximum Gasteiger partial charge on any atom is 0.0109 e. The molecule has 0 nitrogen and oxygen atoms in total. The molecule has 0 bridgehead atoms. The standard InChI is InChI=1S/C36H30P2/c1-23-17-24(2)20-29(19-23)37-33-15-13-27-9-5-7-11-31(27)35(33)36-32-12-8-6-10-28(32)14-16-34(36)38-30-21-25(3)18-26(4)22-30/h5-22H,1-4H3. The van der Waals surface area contributed by atoms with Crippen molar-refractivity contribution in [3.63, 3.8) is 0 Å². The van der Waals surface area contributed by atoms with Gasteiger partial charge >= 0.3 is 0 Å². The van der Waals surface area contributed by atoms with Crippen LogP contribution in [0.2, 0.25) is 0 Å². The second-order valence-electron chi connectivity index (χ2n) is 10.3. The van der Waals surface area contributed by atoms with Crippen LogP contribution >= 0.6 is 16.4 Å². The summed E-state index contributed by atoms with van der Waals surface area (Å²) in [5.41, 5.74) is 13.2. The normalized spacial score (nSPS) is 18.1. The molecule has 4 aromatic rings. The average molecular weight is 525 g/mol. The fraction of sp³-hybridized carbons (Fsp3) is 0.111. The SMILES string of the molecule is Cc1cc(C)cc(P=C2C=Cc3ccccc3C2=C2C(=Pc3cc(C)cc(C)c3)C=Cc3ccccc32)c1. The van der Waals surface area contributed by atoms with Crippen LogP contribution in [0.1, 0.15) is 44.5 Å². The van der Waals surface area contributed by atoms with Gasteiger partial charge in [-0.25, -0.2) is 0 Å². The Morgan fingerprint density at radius 1 is 0.421 bits per heavy atom. The first-order valence-electron chi connectivity index (χ1n) is 13.1. The molecule has 0 N–H and O–H groups in total. The van der Waals surface area contributed by atoms with Gasteiger partial charge in [-0.3, -0.25) is 0 Å². The summed E-state index contributed by atoms with van der Waals surface area (Å²) < 4.78 is 0. The van der Waals surface area contributed by atoms with E-state index in [0.29, 0.717) is 0 Å². The number of rotatable bonds is 2. The van der Waals surface area contributed by atoms with E-state index in [2.05, 4.69) is 137 Å². The molecular weight excluding hydrogens is 494 g/mol. The van der Waals surface area contributed by atoms with Crippen molar-refractivity contribution < 1.29 is 0 Å². The van der Waals surface area contributed by atoms with E-state index in [9.17, 15) is 0 Å². The second kappa shape index (κ2) is 10.3. The van der Waals surface area contributed by atoms with E-state index in [0.717, 1.165) is 0 Å². The lowest BCUT2D eigenvalue weighted by Gasteiger charge is -2.25. The molecule has 0 saturated carbocycles. The topological polar surface area (TPSA) is 0 Å². The lowest BCUT2D eigenvalue weighted by Crippen LogP contribution is -2.14. The van der Waals surface area contributed by atoms with Gasteiger partial charge in [0, 0.05) is 32.3 Å². The van der Waals surface area contributed by atoms with Crippen molar-refractivity contribution in [1.82, 2.24) is 0 Å². The number of fused-ring (bicyclic) bond motifs is 2. The van der Waals surface area contributed by atoms with Gasteiger partial charge in [0.15, 0.2) is 0 Å². The van der Waals surface area contributed by atoms with Gasteiger partial charge in [0.1, 0.15) is 0 Å².